The molecule has 4 rings (SSSR count). The quantitative estimate of drug-likeness (QED) is 0.608. The first-order valence-electron chi connectivity index (χ1n) is 9.59. The number of hydrogen-bond acceptors (Lipinski definition) is 4. The Bertz CT molecular complexity index is 1030. The number of carboxylic acid groups (broad SMARTS) is 1. The van der Waals surface area contributed by atoms with Gasteiger partial charge in [-0.2, -0.15) is 5.32 Å². The van der Waals surface area contributed by atoms with Crippen LogP contribution in [-0.4, -0.2) is 34.9 Å². The number of carbonyl (C=O) groups excluding carboxylic acids is 1. The molecule has 1 radical (unpaired) electrons. The number of rotatable bonds is 6. The maximum atomic E-state index is 12.3. The van der Waals surface area contributed by atoms with Crippen molar-refractivity contribution in [3.8, 4) is 16.9 Å². The summed E-state index contributed by atoms with van der Waals surface area (Å²) in [5.74, 6) is -1.24. The summed E-state index contributed by atoms with van der Waals surface area (Å²) in [6.45, 7) is 0.0852. The van der Waals surface area contributed by atoms with Crippen molar-refractivity contribution in [1.29, 1.82) is 0 Å². The Morgan fingerprint density at radius 2 is 1.47 bits per heavy atom. The van der Waals surface area contributed by atoms with E-state index < -0.39 is 18.1 Å². The van der Waals surface area contributed by atoms with E-state index in [2.05, 4.69) is 5.32 Å². The first-order valence-corrected chi connectivity index (χ1v) is 9.59. The molecule has 1 aliphatic rings. The minimum Gasteiger partial charge on any atom is -0.508 e. The molecule has 1 amide bonds. The number of hydrogen-bond donors (Lipinski definition) is 2. The van der Waals surface area contributed by atoms with Gasteiger partial charge in [0.2, 0.25) is 0 Å². The van der Waals surface area contributed by atoms with Crippen molar-refractivity contribution in [3.05, 3.63) is 89.5 Å². The first-order chi connectivity index (χ1) is 14.5. The van der Waals surface area contributed by atoms with Gasteiger partial charge in [0.05, 0.1) is 0 Å². The lowest BCUT2D eigenvalue weighted by atomic mass is 9.98. The standard InChI is InChI=1S/C24H20NO5/c26-16-11-9-15(10-12-16)13-22(23(27)28)25-24(29)30-14-21-19-7-3-1-5-17(19)18-6-2-4-8-20(18)21/h1-12,21-22,26H,13-14H2,(H,27,28)/t22-/m0/s1/i25+1. The molecule has 3 aromatic rings. The van der Waals surface area contributed by atoms with E-state index in [1.54, 1.807) is 12.1 Å². The molecule has 3 aromatic carbocycles. The molecular weight excluding hydrogens is 383 g/mol. The topological polar surface area (TPSA) is 97.9 Å². The van der Waals surface area contributed by atoms with E-state index in [1.165, 1.54) is 12.1 Å². The summed E-state index contributed by atoms with van der Waals surface area (Å²) in [5, 5.41) is 22.5. The van der Waals surface area contributed by atoms with Crippen LogP contribution in [0.5, 0.6) is 5.75 Å². The molecular formula is C24H20NO5. The van der Waals surface area contributed by atoms with Crippen molar-refractivity contribution in [2.75, 3.05) is 6.61 Å². The van der Waals surface area contributed by atoms with Crippen LogP contribution in [0.4, 0.5) is 4.79 Å². The zero-order valence-electron chi connectivity index (χ0n) is 16.1. The van der Waals surface area contributed by atoms with E-state index in [0.717, 1.165) is 22.3 Å². The lowest BCUT2D eigenvalue weighted by molar-refractivity contribution is -0.139. The monoisotopic (exact) mass is 403 g/mol. The van der Waals surface area contributed by atoms with Gasteiger partial charge in [-0.05, 0) is 39.9 Å². The highest BCUT2D eigenvalue weighted by molar-refractivity contribution is 5.81. The number of phenolic OH excluding ortho intramolecular Hbond substituents is 1. The van der Waals surface area contributed by atoms with Crippen LogP contribution in [0, 0.1) is 0 Å². The molecule has 0 unspecified atom stereocenters. The van der Waals surface area contributed by atoms with Gasteiger partial charge in [0.25, 0.3) is 0 Å². The lowest BCUT2D eigenvalue weighted by Gasteiger charge is -2.16. The molecule has 0 spiro atoms. The van der Waals surface area contributed by atoms with Crippen LogP contribution < -0.4 is 5.32 Å². The van der Waals surface area contributed by atoms with Gasteiger partial charge in [-0.3, -0.25) is 0 Å². The SMILES string of the molecule is O=C([15N][C@@H](Cc1ccc(O)cc1)C(=O)O)OCC1c2ccccc2-c2ccccc21. The Balaban J connectivity index is 1.43. The number of carboxylic acids is 1. The Kier molecular flexibility index (Phi) is 5.39. The second kappa shape index (κ2) is 8.29. The highest BCUT2D eigenvalue weighted by atomic mass is 16.6. The van der Waals surface area contributed by atoms with Crippen LogP contribution >= 0.6 is 0 Å². The predicted octanol–water partition coefficient (Wildman–Crippen LogP) is 3.94. The number of aromatic hydroxyl groups is 1. The highest BCUT2D eigenvalue weighted by Crippen LogP contribution is 2.44. The number of carbonyl (C=O) groups is 2. The maximum absolute atomic E-state index is 12.3. The van der Waals surface area contributed by atoms with Crippen LogP contribution in [0.1, 0.15) is 22.6 Å². The fraction of sp³-hybridized carbons (Fsp3) is 0.167. The molecule has 0 fully saturated rings. The van der Waals surface area contributed by atoms with Gasteiger partial charge < -0.3 is 14.9 Å². The van der Waals surface area contributed by atoms with Crippen LogP contribution in [0.2, 0.25) is 0 Å². The Morgan fingerprint density at radius 1 is 0.900 bits per heavy atom. The molecule has 6 nitrogen and oxygen atoms in total. The van der Waals surface area contributed by atoms with E-state index >= 15 is 0 Å². The molecule has 0 saturated heterocycles. The number of amides is 1. The Labute approximate surface area is 173 Å². The van der Waals surface area contributed by atoms with Crippen molar-refractivity contribution in [2.24, 2.45) is 0 Å². The van der Waals surface area contributed by atoms with Crippen molar-refractivity contribution in [3.63, 3.8) is 0 Å². The molecule has 0 bridgehead atoms. The maximum Gasteiger partial charge on any atom is 0.429 e. The molecule has 6 heteroatoms. The van der Waals surface area contributed by atoms with Gasteiger partial charge in [-0.15, -0.1) is 0 Å². The second-order valence-corrected chi connectivity index (χ2v) is 7.16. The van der Waals surface area contributed by atoms with Crippen molar-refractivity contribution < 1.29 is 24.5 Å². The second-order valence-electron chi connectivity index (χ2n) is 7.16. The van der Waals surface area contributed by atoms with Crippen LogP contribution in [0.25, 0.3) is 11.1 Å². The summed E-state index contributed by atoms with van der Waals surface area (Å²) in [4.78, 5) is 23.8. The van der Waals surface area contributed by atoms with Gasteiger partial charge in [0, 0.05) is 12.3 Å². The summed E-state index contributed by atoms with van der Waals surface area (Å²) in [6.07, 6.45) is -0.872. The van der Waals surface area contributed by atoms with Crippen LogP contribution in [-0.2, 0) is 16.0 Å². The van der Waals surface area contributed by atoms with Gasteiger partial charge in [-0.25, -0.2) is 9.59 Å². The molecule has 1 aliphatic carbocycles. The number of nitrogens with zero attached hydrogens (tertiary/aromatic N) is 1. The third kappa shape index (κ3) is 3.98. The van der Waals surface area contributed by atoms with E-state index in [1.807, 2.05) is 48.5 Å². The molecule has 0 aromatic heterocycles. The largest absolute Gasteiger partial charge is 0.508 e. The number of aliphatic carboxylic acids is 1. The summed E-state index contributed by atoms with van der Waals surface area (Å²) >= 11 is 0. The van der Waals surface area contributed by atoms with E-state index in [-0.39, 0.29) is 24.7 Å². The predicted molar refractivity (Wildman–Crippen MR) is 110 cm³/mol. The first kappa shape index (κ1) is 19.5. The summed E-state index contributed by atoms with van der Waals surface area (Å²) < 4.78 is 5.37. The molecule has 151 valence electrons. The average molecular weight is 403 g/mol. The number of fused-ring (bicyclic) bond motifs is 3. The van der Waals surface area contributed by atoms with Crippen molar-refractivity contribution in [2.45, 2.75) is 18.4 Å². The zero-order valence-corrected chi connectivity index (χ0v) is 16.1. The minimum absolute atomic E-state index is 0.0276. The highest BCUT2D eigenvalue weighted by Gasteiger charge is 2.30. The van der Waals surface area contributed by atoms with E-state index in [0.29, 0.717) is 5.56 Å². The van der Waals surface area contributed by atoms with Gasteiger partial charge in [0.1, 0.15) is 12.4 Å². The molecule has 1 atom stereocenters. The molecule has 0 aliphatic heterocycles. The summed E-state index contributed by atoms with van der Waals surface area (Å²) in [7, 11) is 0. The van der Waals surface area contributed by atoms with Crippen LogP contribution in [0.15, 0.2) is 72.8 Å². The van der Waals surface area contributed by atoms with Crippen LogP contribution in [0.3, 0.4) is 0 Å². The zero-order chi connectivity index (χ0) is 21.1. The van der Waals surface area contributed by atoms with Crippen molar-refractivity contribution >= 4 is 12.1 Å². The van der Waals surface area contributed by atoms with Gasteiger partial charge >= 0.3 is 12.1 Å². The van der Waals surface area contributed by atoms with E-state index in [4.69, 9.17) is 4.74 Å². The summed E-state index contributed by atoms with van der Waals surface area (Å²) in [6, 6.07) is 20.8. The number of benzene rings is 3. The van der Waals surface area contributed by atoms with Gasteiger partial charge in [0.15, 0.2) is 6.04 Å². The number of ether oxygens (including phenoxy) is 1. The average Bonchev–Trinajstić information content (AvgIpc) is 3.07. The van der Waals surface area contributed by atoms with Gasteiger partial charge in [-0.1, -0.05) is 60.7 Å². The lowest BCUT2D eigenvalue weighted by Crippen LogP contribution is -2.37. The number of phenols is 1. The third-order valence-electron chi connectivity index (χ3n) is 5.25. The fourth-order valence-electron chi connectivity index (χ4n) is 3.80. The van der Waals surface area contributed by atoms with E-state index in [9.17, 15) is 19.8 Å². The molecule has 30 heavy (non-hydrogen) atoms. The Morgan fingerprint density at radius 3 is 2.03 bits per heavy atom. The van der Waals surface area contributed by atoms with Crippen molar-refractivity contribution in [1.82, 2.24) is 5.32 Å². The third-order valence-corrected chi connectivity index (χ3v) is 5.25. The molecule has 0 heterocycles. The minimum atomic E-state index is -1.26. The Hall–Kier alpha value is -3.80. The fourth-order valence-corrected chi connectivity index (χ4v) is 3.80. The molecule has 2 N–H and O–H groups in total. The summed E-state index contributed by atoms with van der Waals surface area (Å²) in [5.41, 5.74) is 5.02. The normalized spacial score (nSPS) is 13.2. The smallest absolute Gasteiger partial charge is 0.429 e. The molecule has 0 saturated carbocycles.